The van der Waals surface area contributed by atoms with Crippen molar-refractivity contribution in [2.45, 2.75) is 20.4 Å². The zero-order chi connectivity index (χ0) is 11.4. The fraction of sp³-hybridized carbons (Fsp3) is 0.333. The Morgan fingerprint density at radius 3 is 2.88 bits per heavy atom. The van der Waals surface area contributed by atoms with Crippen molar-refractivity contribution in [2.24, 2.45) is 0 Å². The third kappa shape index (κ3) is 2.28. The summed E-state index contributed by atoms with van der Waals surface area (Å²) in [5.41, 5.74) is 2.17. The lowest BCUT2D eigenvalue weighted by Gasteiger charge is -1.98. The maximum atomic E-state index is 5.15. The predicted molar refractivity (Wildman–Crippen MR) is 61.9 cm³/mol. The van der Waals surface area contributed by atoms with Gasteiger partial charge in [-0.25, -0.2) is 0 Å². The molecule has 0 atom stereocenters. The van der Waals surface area contributed by atoms with Crippen LogP contribution in [-0.4, -0.2) is 16.7 Å². The maximum Gasteiger partial charge on any atom is 0.240 e. The van der Waals surface area contributed by atoms with Gasteiger partial charge in [0.05, 0.1) is 6.54 Å². The molecule has 0 radical (unpaired) electrons. The van der Waals surface area contributed by atoms with Crippen LogP contribution < -0.4 is 5.32 Å². The summed E-state index contributed by atoms with van der Waals surface area (Å²) in [5, 5.41) is 7.12. The molecule has 2 rings (SSSR count). The predicted octanol–water partition coefficient (Wildman–Crippen LogP) is 2.15. The van der Waals surface area contributed by atoms with Crippen LogP contribution in [0.1, 0.15) is 18.4 Å². The van der Waals surface area contributed by atoms with Crippen LogP contribution in [0.5, 0.6) is 0 Å². The molecule has 0 saturated carbocycles. The first-order chi connectivity index (χ1) is 7.81. The number of aromatic nitrogens is 2. The molecular formula is C12H15N3O. The lowest BCUT2D eigenvalue weighted by atomic mass is 10.1. The number of nitrogens with one attached hydrogen (secondary N) is 1. The number of aryl methyl sites for hydroxylation is 1. The van der Waals surface area contributed by atoms with E-state index in [9.17, 15) is 0 Å². The Balaban J connectivity index is 2.22. The lowest BCUT2D eigenvalue weighted by molar-refractivity contribution is 0.369. The second-order valence-corrected chi connectivity index (χ2v) is 3.61. The lowest BCUT2D eigenvalue weighted by Crippen LogP contribution is -2.11. The zero-order valence-electron chi connectivity index (χ0n) is 9.53. The Labute approximate surface area is 94.7 Å². The molecule has 84 valence electrons. The second kappa shape index (κ2) is 4.90. The molecule has 1 aromatic carbocycles. The first kappa shape index (κ1) is 10.8. The van der Waals surface area contributed by atoms with E-state index in [1.807, 2.05) is 38.1 Å². The quantitative estimate of drug-likeness (QED) is 0.852. The first-order valence-corrected chi connectivity index (χ1v) is 5.40. The highest BCUT2D eigenvalue weighted by molar-refractivity contribution is 5.58. The van der Waals surface area contributed by atoms with Gasteiger partial charge in [-0.2, -0.15) is 4.98 Å². The molecule has 1 aromatic heterocycles. The van der Waals surface area contributed by atoms with E-state index in [2.05, 4.69) is 15.5 Å². The second-order valence-electron chi connectivity index (χ2n) is 3.61. The Bertz CT molecular complexity index is 465. The van der Waals surface area contributed by atoms with E-state index in [1.165, 1.54) is 0 Å². The summed E-state index contributed by atoms with van der Waals surface area (Å²) in [4.78, 5) is 4.34. The molecule has 0 spiro atoms. The van der Waals surface area contributed by atoms with E-state index < -0.39 is 0 Å². The summed E-state index contributed by atoms with van der Waals surface area (Å²) in [5.74, 6) is 1.28. The number of rotatable bonds is 4. The molecule has 0 aliphatic heterocycles. The highest BCUT2D eigenvalue weighted by Gasteiger charge is 2.09. The smallest absolute Gasteiger partial charge is 0.240 e. The van der Waals surface area contributed by atoms with Gasteiger partial charge in [0.25, 0.3) is 0 Å². The Morgan fingerprint density at radius 2 is 2.12 bits per heavy atom. The van der Waals surface area contributed by atoms with Gasteiger partial charge < -0.3 is 9.84 Å². The number of hydrogen-bond donors (Lipinski definition) is 1. The zero-order valence-corrected chi connectivity index (χ0v) is 9.53. The molecule has 1 heterocycles. The standard InChI is InChI=1S/C12H15N3O/c1-3-13-8-11-14-12(15-16-11)10-7-5-4-6-9(10)2/h4-7,13H,3,8H2,1-2H3. The van der Waals surface area contributed by atoms with E-state index in [-0.39, 0.29) is 0 Å². The fourth-order valence-corrected chi connectivity index (χ4v) is 1.49. The van der Waals surface area contributed by atoms with Crippen LogP contribution in [0, 0.1) is 6.92 Å². The van der Waals surface area contributed by atoms with Gasteiger partial charge in [-0.05, 0) is 19.0 Å². The van der Waals surface area contributed by atoms with Crippen molar-refractivity contribution < 1.29 is 4.52 Å². The minimum absolute atomic E-state index is 0.620. The van der Waals surface area contributed by atoms with E-state index in [1.54, 1.807) is 0 Å². The molecule has 4 nitrogen and oxygen atoms in total. The Morgan fingerprint density at radius 1 is 1.31 bits per heavy atom. The van der Waals surface area contributed by atoms with E-state index in [4.69, 9.17) is 4.52 Å². The molecule has 0 saturated heterocycles. The van der Waals surface area contributed by atoms with Gasteiger partial charge in [0, 0.05) is 5.56 Å². The number of benzene rings is 1. The average molecular weight is 217 g/mol. The average Bonchev–Trinajstić information content (AvgIpc) is 2.75. The third-order valence-electron chi connectivity index (χ3n) is 2.38. The SMILES string of the molecule is CCNCc1nc(-c2ccccc2C)no1. The molecule has 0 fully saturated rings. The van der Waals surface area contributed by atoms with Crippen molar-refractivity contribution in [3.63, 3.8) is 0 Å². The largest absolute Gasteiger partial charge is 0.338 e. The molecule has 2 aromatic rings. The van der Waals surface area contributed by atoms with Crippen LogP contribution in [0.15, 0.2) is 28.8 Å². The molecule has 1 N–H and O–H groups in total. The van der Waals surface area contributed by atoms with Crippen molar-refractivity contribution in [2.75, 3.05) is 6.54 Å². The van der Waals surface area contributed by atoms with E-state index in [0.29, 0.717) is 18.3 Å². The highest BCUT2D eigenvalue weighted by atomic mass is 16.5. The van der Waals surface area contributed by atoms with Gasteiger partial charge in [0.1, 0.15) is 0 Å². The van der Waals surface area contributed by atoms with Crippen LogP contribution in [0.3, 0.4) is 0 Å². The minimum Gasteiger partial charge on any atom is -0.338 e. The molecule has 4 heteroatoms. The molecule has 16 heavy (non-hydrogen) atoms. The number of nitrogens with zero attached hydrogens (tertiary/aromatic N) is 2. The maximum absolute atomic E-state index is 5.15. The van der Waals surface area contributed by atoms with Crippen LogP contribution in [0.25, 0.3) is 11.4 Å². The summed E-state index contributed by atoms with van der Waals surface area (Å²) in [6.07, 6.45) is 0. The van der Waals surface area contributed by atoms with Crippen LogP contribution >= 0.6 is 0 Å². The van der Waals surface area contributed by atoms with Crippen molar-refractivity contribution >= 4 is 0 Å². The summed E-state index contributed by atoms with van der Waals surface area (Å²) >= 11 is 0. The van der Waals surface area contributed by atoms with Crippen LogP contribution in [0.4, 0.5) is 0 Å². The van der Waals surface area contributed by atoms with Crippen molar-refractivity contribution in [1.82, 2.24) is 15.5 Å². The van der Waals surface area contributed by atoms with Gasteiger partial charge >= 0.3 is 0 Å². The molecule has 0 bridgehead atoms. The summed E-state index contributed by atoms with van der Waals surface area (Å²) in [6.45, 7) is 5.59. The summed E-state index contributed by atoms with van der Waals surface area (Å²) in [6, 6.07) is 8.01. The van der Waals surface area contributed by atoms with Gasteiger partial charge in [0.2, 0.25) is 11.7 Å². The molecule has 0 unspecified atom stereocenters. The molecular weight excluding hydrogens is 202 g/mol. The summed E-state index contributed by atoms with van der Waals surface area (Å²) in [7, 11) is 0. The van der Waals surface area contributed by atoms with Gasteiger partial charge in [0.15, 0.2) is 0 Å². The monoisotopic (exact) mass is 217 g/mol. The third-order valence-corrected chi connectivity index (χ3v) is 2.38. The fourth-order valence-electron chi connectivity index (χ4n) is 1.49. The van der Waals surface area contributed by atoms with Crippen molar-refractivity contribution in [1.29, 1.82) is 0 Å². The van der Waals surface area contributed by atoms with Crippen molar-refractivity contribution in [3.05, 3.63) is 35.7 Å². The summed E-state index contributed by atoms with van der Waals surface area (Å²) < 4.78 is 5.15. The Hall–Kier alpha value is -1.68. The van der Waals surface area contributed by atoms with Gasteiger partial charge in [-0.15, -0.1) is 0 Å². The van der Waals surface area contributed by atoms with Crippen molar-refractivity contribution in [3.8, 4) is 11.4 Å². The Kier molecular flexibility index (Phi) is 3.31. The van der Waals surface area contributed by atoms with Gasteiger partial charge in [-0.3, -0.25) is 0 Å². The normalized spacial score (nSPS) is 10.6. The highest BCUT2D eigenvalue weighted by Crippen LogP contribution is 2.19. The van der Waals surface area contributed by atoms with Crippen LogP contribution in [-0.2, 0) is 6.54 Å². The van der Waals surface area contributed by atoms with E-state index in [0.717, 1.165) is 17.7 Å². The van der Waals surface area contributed by atoms with Gasteiger partial charge in [-0.1, -0.05) is 36.3 Å². The number of hydrogen-bond acceptors (Lipinski definition) is 4. The van der Waals surface area contributed by atoms with E-state index >= 15 is 0 Å². The molecule has 0 aliphatic carbocycles. The molecule has 0 amide bonds. The topological polar surface area (TPSA) is 51.0 Å². The van der Waals surface area contributed by atoms with Crippen LogP contribution in [0.2, 0.25) is 0 Å². The first-order valence-electron chi connectivity index (χ1n) is 5.40. The minimum atomic E-state index is 0.620. The molecule has 0 aliphatic rings.